The maximum absolute atomic E-state index is 13.3. The lowest BCUT2D eigenvalue weighted by Crippen LogP contribution is -2.60. The summed E-state index contributed by atoms with van der Waals surface area (Å²) in [6, 6.07) is 16.8. The van der Waals surface area contributed by atoms with Crippen LogP contribution in [0.25, 0.3) is 10.9 Å². The summed E-state index contributed by atoms with van der Waals surface area (Å²) in [5.74, 6) is -0.269. The summed E-state index contributed by atoms with van der Waals surface area (Å²) in [5, 5.41) is 22.1. The number of aliphatic imine (C=N–C) groups is 1. The highest BCUT2D eigenvalue weighted by atomic mass is 16.5. The van der Waals surface area contributed by atoms with Crippen LogP contribution in [0.1, 0.15) is 40.9 Å². The average Bonchev–Trinajstić information content (AvgIpc) is 2.97. The molecule has 4 rings (SSSR count). The maximum atomic E-state index is 13.3. The van der Waals surface area contributed by atoms with E-state index < -0.39 is 11.4 Å². The molecule has 3 N–H and O–H groups in total. The van der Waals surface area contributed by atoms with Crippen molar-refractivity contribution in [2.45, 2.75) is 44.5 Å². The first-order valence-corrected chi connectivity index (χ1v) is 13.4. The number of nitriles is 1. The largest absolute Gasteiger partial charge is 0.489 e. The molecule has 11 nitrogen and oxygen atoms in total. The summed E-state index contributed by atoms with van der Waals surface area (Å²) in [4.78, 5) is 37.9. The highest BCUT2D eigenvalue weighted by Crippen LogP contribution is 2.28. The molecular weight excluding hydrogens is 522 g/mol. The number of benzene rings is 2. The van der Waals surface area contributed by atoms with E-state index in [2.05, 4.69) is 20.2 Å². The van der Waals surface area contributed by atoms with E-state index in [4.69, 9.17) is 10.00 Å². The minimum absolute atomic E-state index is 0.0670. The Kier molecular flexibility index (Phi) is 9.62. The third-order valence-corrected chi connectivity index (χ3v) is 7.37. The lowest BCUT2D eigenvalue weighted by atomic mass is 9.83. The van der Waals surface area contributed by atoms with Gasteiger partial charge in [-0.25, -0.2) is 5.48 Å². The van der Waals surface area contributed by atoms with E-state index in [9.17, 15) is 14.8 Å². The summed E-state index contributed by atoms with van der Waals surface area (Å²) >= 11 is 0. The van der Waals surface area contributed by atoms with E-state index in [1.165, 1.54) is 0 Å². The molecule has 3 aromatic rings. The second-order valence-electron chi connectivity index (χ2n) is 10.5. The van der Waals surface area contributed by atoms with Gasteiger partial charge in [-0.1, -0.05) is 18.2 Å². The van der Waals surface area contributed by atoms with Gasteiger partial charge in [0.1, 0.15) is 12.4 Å². The van der Waals surface area contributed by atoms with Crippen LogP contribution in [0.15, 0.2) is 59.6 Å². The normalized spacial score (nSPS) is 15.9. The fourth-order valence-corrected chi connectivity index (χ4v) is 5.25. The van der Waals surface area contributed by atoms with Crippen LogP contribution in [-0.4, -0.2) is 76.9 Å². The summed E-state index contributed by atoms with van der Waals surface area (Å²) in [5.41, 5.74) is 4.13. The van der Waals surface area contributed by atoms with E-state index in [0.717, 1.165) is 22.2 Å². The van der Waals surface area contributed by atoms with Crippen molar-refractivity contribution in [1.82, 2.24) is 25.6 Å². The molecule has 1 aromatic heterocycles. The molecule has 1 unspecified atom stereocenters. The molecule has 0 spiro atoms. The van der Waals surface area contributed by atoms with Crippen LogP contribution in [0, 0.1) is 18.4 Å². The lowest BCUT2D eigenvalue weighted by Gasteiger charge is -2.45. The number of aryl methyl sites for hydroxylation is 1. The number of piperidine rings is 1. The van der Waals surface area contributed by atoms with Gasteiger partial charge in [-0.05, 0) is 70.3 Å². The minimum atomic E-state index is -0.848. The predicted octanol–water partition coefficient (Wildman–Crippen LogP) is 3.02. The van der Waals surface area contributed by atoms with Gasteiger partial charge in [0.2, 0.25) is 12.1 Å². The second kappa shape index (κ2) is 13.3. The van der Waals surface area contributed by atoms with E-state index in [1.54, 1.807) is 42.2 Å². The first-order valence-electron chi connectivity index (χ1n) is 13.4. The Morgan fingerprint density at radius 1 is 1.22 bits per heavy atom. The monoisotopic (exact) mass is 557 g/mol. The van der Waals surface area contributed by atoms with Crippen LogP contribution in [0.3, 0.4) is 0 Å². The highest BCUT2D eigenvalue weighted by Gasteiger charge is 2.39. The number of carbonyl (C=O) groups is 2. The van der Waals surface area contributed by atoms with Crippen LogP contribution in [-0.2, 0) is 11.4 Å². The Hall–Kier alpha value is -4.37. The number of carbonyl (C=O) groups excluding carboxylic acids is 2. The van der Waals surface area contributed by atoms with E-state index in [0.29, 0.717) is 43.9 Å². The van der Waals surface area contributed by atoms with Crippen molar-refractivity contribution in [3.63, 3.8) is 0 Å². The molecule has 0 aliphatic carbocycles. The number of likely N-dealkylation sites (tertiary alicyclic amines) is 1. The van der Waals surface area contributed by atoms with Crippen molar-refractivity contribution < 1.29 is 19.5 Å². The van der Waals surface area contributed by atoms with Crippen LogP contribution in [0.4, 0.5) is 0 Å². The van der Waals surface area contributed by atoms with Gasteiger partial charge in [-0.2, -0.15) is 10.3 Å². The van der Waals surface area contributed by atoms with Crippen LogP contribution in [0.5, 0.6) is 5.75 Å². The zero-order valence-corrected chi connectivity index (χ0v) is 23.5. The number of hydrogen-bond donors (Lipinski definition) is 3. The molecule has 214 valence electrons. The van der Waals surface area contributed by atoms with Gasteiger partial charge in [-0.15, -0.1) is 0 Å². The number of ether oxygens (including phenoxy) is 1. The quantitative estimate of drug-likeness (QED) is 0.149. The zero-order valence-electron chi connectivity index (χ0n) is 23.5. The van der Waals surface area contributed by atoms with Crippen molar-refractivity contribution in [3.05, 3.63) is 71.4 Å². The molecule has 0 saturated carbocycles. The smallest absolute Gasteiger partial charge is 0.251 e. The van der Waals surface area contributed by atoms with Gasteiger partial charge < -0.3 is 10.1 Å². The molecule has 1 saturated heterocycles. The Morgan fingerprint density at radius 2 is 1.93 bits per heavy atom. The lowest BCUT2D eigenvalue weighted by molar-refractivity contribution is -0.131. The first-order chi connectivity index (χ1) is 19.7. The third kappa shape index (κ3) is 7.43. The van der Waals surface area contributed by atoms with Gasteiger partial charge in [-0.3, -0.25) is 29.6 Å². The topological polar surface area (TPSA) is 143 Å². The summed E-state index contributed by atoms with van der Waals surface area (Å²) in [6.45, 7) is 3.41. The fraction of sp³-hybridized carbons (Fsp3) is 0.367. The van der Waals surface area contributed by atoms with Crippen molar-refractivity contribution in [1.29, 1.82) is 5.26 Å². The first kappa shape index (κ1) is 29.6. The number of hydroxylamine groups is 1. The number of nitrogens with one attached hydrogen (secondary N) is 2. The van der Waals surface area contributed by atoms with Gasteiger partial charge >= 0.3 is 0 Å². The number of fused-ring (bicyclic) bond motifs is 1. The number of aromatic nitrogens is 1. The van der Waals surface area contributed by atoms with E-state index >= 15 is 0 Å². The van der Waals surface area contributed by atoms with E-state index in [1.807, 2.05) is 56.3 Å². The number of rotatable bonds is 10. The Morgan fingerprint density at radius 3 is 2.59 bits per heavy atom. The number of para-hydroxylation sites is 1. The SMILES string of the molecule is Cc1cc(COc2ccc(C(=O)NC3(CC(=O)NO)CCN(C(C=NC#N)N(C)C)CC3)cc2)c2ccccc2n1. The molecule has 1 aliphatic rings. The Balaban J connectivity index is 1.43. The third-order valence-electron chi connectivity index (χ3n) is 7.37. The summed E-state index contributed by atoms with van der Waals surface area (Å²) in [7, 11) is 3.79. The van der Waals surface area contributed by atoms with Crippen molar-refractivity contribution >= 4 is 28.9 Å². The van der Waals surface area contributed by atoms with E-state index in [-0.39, 0.29) is 18.5 Å². The number of nitrogens with zero attached hydrogens (tertiary/aromatic N) is 5. The molecule has 1 aliphatic heterocycles. The molecule has 2 amide bonds. The Labute approximate surface area is 239 Å². The molecule has 2 heterocycles. The standard InChI is InChI=1S/C30H35N7O4/c1-21-16-23(25-6-4-5-7-26(25)33-21)19-41-24-10-8-22(9-11-24)29(39)34-30(17-27(38)35-40)12-14-37(15-13-30)28(36(2)3)18-32-20-31/h4-11,16,18,28,40H,12-15,17,19H2,1-3H3,(H,34,39)(H,35,38). The molecule has 11 heteroatoms. The van der Waals surface area contributed by atoms with Gasteiger partial charge in [0.15, 0.2) is 0 Å². The molecule has 41 heavy (non-hydrogen) atoms. The predicted molar refractivity (Wildman–Crippen MR) is 154 cm³/mol. The molecule has 1 atom stereocenters. The van der Waals surface area contributed by atoms with Crippen molar-refractivity contribution in [2.24, 2.45) is 4.99 Å². The number of hydrogen-bond acceptors (Lipinski definition) is 9. The molecule has 1 fully saturated rings. The van der Waals surface area contributed by atoms with Gasteiger partial charge in [0.05, 0.1) is 23.6 Å². The average molecular weight is 558 g/mol. The number of amides is 2. The molecular formula is C30H35N7O4. The van der Waals surface area contributed by atoms with Crippen molar-refractivity contribution in [2.75, 3.05) is 27.2 Å². The molecule has 0 bridgehead atoms. The van der Waals surface area contributed by atoms with Gasteiger partial charge in [0, 0.05) is 41.5 Å². The highest BCUT2D eigenvalue weighted by molar-refractivity contribution is 5.95. The Bertz CT molecular complexity index is 1440. The van der Waals surface area contributed by atoms with Gasteiger partial charge in [0.25, 0.3) is 5.91 Å². The minimum Gasteiger partial charge on any atom is -0.489 e. The maximum Gasteiger partial charge on any atom is 0.251 e. The molecule has 0 radical (unpaired) electrons. The summed E-state index contributed by atoms with van der Waals surface area (Å²) < 4.78 is 6.03. The molecule has 2 aromatic carbocycles. The van der Waals surface area contributed by atoms with Crippen LogP contribution >= 0.6 is 0 Å². The van der Waals surface area contributed by atoms with Crippen LogP contribution < -0.4 is 15.5 Å². The van der Waals surface area contributed by atoms with Crippen molar-refractivity contribution in [3.8, 4) is 11.9 Å². The summed E-state index contributed by atoms with van der Waals surface area (Å²) in [6.07, 6.45) is 4.03. The number of pyridine rings is 1. The van der Waals surface area contributed by atoms with Crippen LogP contribution in [0.2, 0.25) is 0 Å². The second-order valence-corrected chi connectivity index (χ2v) is 10.5. The fourth-order valence-electron chi connectivity index (χ4n) is 5.25. The zero-order chi connectivity index (χ0) is 29.4.